The molecule has 0 bridgehead atoms. The fourth-order valence-corrected chi connectivity index (χ4v) is 2.88. The molecule has 3 nitrogen and oxygen atoms in total. The molecule has 0 saturated carbocycles. The minimum absolute atomic E-state index is 0.0342. The van der Waals surface area contributed by atoms with Crippen LogP contribution in [0.1, 0.15) is 27.7 Å². The van der Waals surface area contributed by atoms with Crippen molar-refractivity contribution in [1.29, 1.82) is 0 Å². The quantitative estimate of drug-likeness (QED) is 0.557. The first-order valence-corrected chi connectivity index (χ1v) is 10.2. The second kappa shape index (κ2) is 6.26. The molecular weight excluding hydrogens is 313 g/mol. The maximum absolute atomic E-state index is 13.2. The molecule has 3 atom stereocenters. The van der Waals surface area contributed by atoms with E-state index < -0.39 is 32.3 Å². The van der Waals surface area contributed by atoms with E-state index in [1.807, 2.05) is 0 Å². The number of hydrogen-bond acceptors (Lipinski definition) is 3. The lowest BCUT2D eigenvalue weighted by Crippen LogP contribution is -2.51. The summed E-state index contributed by atoms with van der Waals surface area (Å²) in [6.07, 6.45) is -3.78. The van der Waals surface area contributed by atoms with Gasteiger partial charge in [-0.1, -0.05) is 32.9 Å². The maximum atomic E-state index is 13.2. The summed E-state index contributed by atoms with van der Waals surface area (Å²) in [7, 11) is -0.749. The summed E-state index contributed by atoms with van der Waals surface area (Å²) < 4.78 is 55.9. The summed E-state index contributed by atoms with van der Waals surface area (Å²) in [5, 5.41) is 0.0342. The molecule has 0 aliphatic carbocycles. The van der Waals surface area contributed by atoms with E-state index >= 15 is 0 Å². The van der Waals surface area contributed by atoms with Gasteiger partial charge in [0.2, 0.25) is 0 Å². The Labute approximate surface area is 131 Å². The van der Waals surface area contributed by atoms with E-state index in [1.54, 1.807) is 0 Å². The molecule has 1 aliphatic rings. The molecule has 0 aromatic rings. The van der Waals surface area contributed by atoms with E-state index in [2.05, 4.69) is 33.9 Å². The van der Waals surface area contributed by atoms with E-state index in [9.17, 15) is 13.2 Å². The van der Waals surface area contributed by atoms with Crippen molar-refractivity contribution in [2.24, 2.45) is 5.41 Å². The standard InChI is InChI=1S/C15H27F3O3Si/c1-13(2,3)22(6,7)20-10-11-8-9-14(4,15(16,17)18)12(19-5)21-11/h8-9,11-12H,10H2,1-7H3/t11-,12-,14+/m0/s1. The van der Waals surface area contributed by atoms with Gasteiger partial charge in [0, 0.05) is 7.11 Å². The average Bonchev–Trinajstić information content (AvgIpc) is 2.35. The first-order chi connectivity index (χ1) is 9.74. The van der Waals surface area contributed by atoms with Gasteiger partial charge in [-0.25, -0.2) is 0 Å². The highest BCUT2D eigenvalue weighted by molar-refractivity contribution is 6.74. The van der Waals surface area contributed by atoms with Gasteiger partial charge in [0.1, 0.15) is 11.5 Å². The van der Waals surface area contributed by atoms with Crippen LogP contribution in [0.3, 0.4) is 0 Å². The predicted octanol–water partition coefficient (Wildman–Crippen LogP) is 4.50. The van der Waals surface area contributed by atoms with Crippen molar-refractivity contribution >= 4 is 8.32 Å². The summed E-state index contributed by atoms with van der Waals surface area (Å²) in [5.74, 6) is 0. The zero-order valence-electron chi connectivity index (χ0n) is 14.4. The third-order valence-corrected chi connectivity index (χ3v) is 9.19. The largest absolute Gasteiger partial charge is 0.414 e. The van der Waals surface area contributed by atoms with Crippen molar-refractivity contribution in [2.45, 2.75) is 64.4 Å². The van der Waals surface area contributed by atoms with Crippen LogP contribution < -0.4 is 0 Å². The SMILES string of the molecule is CO[C@H]1O[C@H](CO[Si](C)(C)C(C)(C)C)C=C[C@@]1(C)C(F)(F)F. The van der Waals surface area contributed by atoms with Crippen LogP contribution in [0.15, 0.2) is 12.2 Å². The van der Waals surface area contributed by atoms with Gasteiger partial charge in [-0.15, -0.1) is 0 Å². The van der Waals surface area contributed by atoms with Crippen LogP contribution in [0.5, 0.6) is 0 Å². The van der Waals surface area contributed by atoms with Gasteiger partial charge in [-0.2, -0.15) is 13.2 Å². The van der Waals surface area contributed by atoms with Crippen LogP contribution in [0.4, 0.5) is 13.2 Å². The Morgan fingerprint density at radius 2 is 1.77 bits per heavy atom. The van der Waals surface area contributed by atoms with Gasteiger partial charge in [0.05, 0.1) is 6.61 Å². The number of methoxy groups -OCH3 is 1. The summed E-state index contributed by atoms with van der Waals surface area (Å²) in [4.78, 5) is 0. The fourth-order valence-electron chi connectivity index (χ4n) is 1.86. The Morgan fingerprint density at radius 1 is 1.23 bits per heavy atom. The highest BCUT2D eigenvalue weighted by atomic mass is 28.4. The number of ether oxygens (including phenoxy) is 2. The Balaban J connectivity index is 2.81. The van der Waals surface area contributed by atoms with E-state index in [1.165, 1.54) is 13.2 Å². The Morgan fingerprint density at radius 3 is 2.18 bits per heavy atom. The van der Waals surface area contributed by atoms with Gasteiger partial charge in [0.15, 0.2) is 14.6 Å². The summed E-state index contributed by atoms with van der Waals surface area (Å²) in [5.41, 5.74) is -2.14. The topological polar surface area (TPSA) is 27.7 Å². The molecule has 0 fully saturated rings. The highest BCUT2D eigenvalue weighted by Crippen LogP contribution is 2.46. The molecule has 0 aromatic heterocycles. The fraction of sp³-hybridized carbons (Fsp3) is 0.867. The van der Waals surface area contributed by atoms with E-state index in [4.69, 9.17) is 13.9 Å². The molecule has 0 spiro atoms. The third kappa shape index (κ3) is 3.93. The van der Waals surface area contributed by atoms with Crippen LogP contribution in [-0.2, 0) is 13.9 Å². The number of hydrogen-bond donors (Lipinski definition) is 0. The lowest BCUT2D eigenvalue weighted by atomic mass is 9.86. The van der Waals surface area contributed by atoms with Gasteiger partial charge in [-0.3, -0.25) is 0 Å². The minimum Gasteiger partial charge on any atom is -0.414 e. The van der Waals surface area contributed by atoms with E-state index in [-0.39, 0.29) is 11.6 Å². The Bertz CT molecular complexity index is 415. The molecule has 1 aliphatic heterocycles. The van der Waals surface area contributed by atoms with Crippen LogP contribution in [0, 0.1) is 5.41 Å². The van der Waals surface area contributed by atoms with E-state index in [0.29, 0.717) is 0 Å². The molecule has 7 heteroatoms. The van der Waals surface area contributed by atoms with Gasteiger partial charge in [-0.05, 0) is 25.1 Å². The van der Waals surface area contributed by atoms with Crippen molar-refractivity contribution < 1.29 is 27.1 Å². The van der Waals surface area contributed by atoms with E-state index in [0.717, 1.165) is 13.0 Å². The molecular formula is C15H27F3O3Si. The van der Waals surface area contributed by atoms with Gasteiger partial charge in [0.25, 0.3) is 0 Å². The van der Waals surface area contributed by atoms with Crippen LogP contribution in [-0.4, -0.2) is 40.6 Å². The molecule has 0 unspecified atom stereocenters. The second-order valence-corrected chi connectivity index (χ2v) is 12.3. The molecule has 0 saturated heterocycles. The van der Waals surface area contributed by atoms with Crippen molar-refractivity contribution in [3.8, 4) is 0 Å². The monoisotopic (exact) mass is 340 g/mol. The Kier molecular flexibility index (Phi) is 5.60. The van der Waals surface area contributed by atoms with Crippen molar-refractivity contribution in [2.75, 3.05) is 13.7 Å². The van der Waals surface area contributed by atoms with Crippen LogP contribution >= 0.6 is 0 Å². The summed E-state index contributed by atoms with van der Waals surface area (Å²) >= 11 is 0. The van der Waals surface area contributed by atoms with Gasteiger partial charge >= 0.3 is 6.18 Å². The minimum atomic E-state index is -4.44. The average molecular weight is 340 g/mol. The Hall–Kier alpha value is -0.373. The number of halogens is 3. The van der Waals surface area contributed by atoms with Crippen molar-refractivity contribution in [3.63, 3.8) is 0 Å². The maximum Gasteiger partial charge on any atom is 0.402 e. The molecule has 22 heavy (non-hydrogen) atoms. The number of alkyl halides is 3. The zero-order chi connectivity index (χ0) is 17.4. The first-order valence-electron chi connectivity index (χ1n) is 7.33. The normalized spacial score (nSPS) is 30.6. The summed E-state index contributed by atoms with van der Waals surface area (Å²) in [6, 6.07) is 0. The number of rotatable bonds is 4. The highest BCUT2D eigenvalue weighted by Gasteiger charge is 2.57. The molecule has 0 amide bonds. The van der Waals surface area contributed by atoms with Crippen molar-refractivity contribution in [3.05, 3.63) is 12.2 Å². The smallest absolute Gasteiger partial charge is 0.402 e. The van der Waals surface area contributed by atoms with Crippen LogP contribution in [0.2, 0.25) is 18.1 Å². The molecule has 0 aromatic carbocycles. The van der Waals surface area contributed by atoms with Crippen molar-refractivity contribution in [1.82, 2.24) is 0 Å². The zero-order valence-corrected chi connectivity index (χ0v) is 15.4. The summed E-state index contributed by atoms with van der Waals surface area (Å²) in [6.45, 7) is 11.8. The molecule has 130 valence electrons. The van der Waals surface area contributed by atoms with Crippen LogP contribution in [0.25, 0.3) is 0 Å². The lowest BCUT2D eigenvalue weighted by Gasteiger charge is -2.42. The third-order valence-electron chi connectivity index (χ3n) is 4.68. The molecule has 1 rings (SSSR count). The van der Waals surface area contributed by atoms with Gasteiger partial charge < -0.3 is 13.9 Å². The molecule has 1 heterocycles. The first kappa shape index (κ1) is 19.7. The predicted molar refractivity (Wildman–Crippen MR) is 82.1 cm³/mol. The molecule has 0 N–H and O–H groups in total. The molecule has 0 radical (unpaired) electrons. The lowest BCUT2D eigenvalue weighted by molar-refractivity contribution is -0.301. The second-order valence-electron chi connectivity index (χ2n) is 7.45.